The summed E-state index contributed by atoms with van der Waals surface area (Å²) in [5, 5.41) is 12.7. The van der Waals surface area contributed by atoms with Crippen molar-refractivity contribution >= 4 is 22.1 Å². The number of aryl methyl sites for hydroxylation is 1. The maximum absolute atomic E-state index is 12.6. The van der Waals surface area contributed by atoms with Crippen LogP contribution in [0.1, 0.15) is 23.1 Å². The van der Waals surface area contributed by atoms with Gasteiger partial charge in [0.1, 0.15) is 0 Å². The van der Waals surface area contributed by atoms with E-state index >= 15 is 0 Å². The number of amides is 1. The Balaban J connectivity index is 1.49. The number of benzene rings is 2. The fourth-order valence-corrected chi connectivity index (χ4v) is 4.31. The van der Waals surface area contributed by atoms with Gasteiger partial charge in [-0.1, -0.05) is 24.3 Å². The number of hydrogen-bond donors (Lipinski definition) is 1. The van der Waals surface area contributed by atoms with Crippen LogP contribution in [0.2, 0.25) is 0 Å². The second-order valence-electron chi connectivity index (χ2n) is 6.69. The lowest BCUT2D eigenvalue weighted by Gasteiger charge is -2.26. The molecule has 156 valence electrons. The van der Waals surface area contributed by atoms with E-state index in [1.54, 1.807) is 48.5 Å². The molecule has 0 aliphatic carbocycles. The Hall–Kier alpha value is -3.06. The molecule has 1 amide bonds. The van der Waals surface area contributed by atoms with Gasteiger partial charge in [-0.25, -0.2) is 13.8 Å². The molecule has 2 aromatic rings. The van der Waals surface area contributed by atoms with Crippen LogP contribution in [0, 0.1) is 11.3 Å². The van der Waals surface area contributed by atoms with E-state index in [4.69, 9.17) is 10.00 Å². The molecule has 1 aliphatic rings. The van der Waals surface area contributed by atoms with E-state index in [-0.39, 0.29) is 17.2 Å². The number of sulfonamides is 1. The molecule has 0 radical (unpaired) electrons. The topological polar surface area (TPSA) is 112 Å². The molecule has 1 fully saturated rings. The van der Waals surface area contributed by atoms with Crippen molar-refractivity contribution in [2.75, 3.05) is 26.3 Å². The summed E-state index contributed by atoms with van der Waals surface area (Å²) in [7, 11) is -3.52. The molecule has 0 bridgehead atoms. The first-order chi connectivity index (χ1) is 14.5. The predicted octanol–water partition coefficient (Wildman–Crippen LogP) is 1.66. The SMILES string of the molecule is N#Cc1ccc(C=NNC(=O)CCc2ccc(S(=O)(=O)N3CCOCC3)cc2)cc1. The summed E-state index contributed by atoms with van der Waals surface area (Å²) >= 11 is 0. The lowest BCUT2D eigenvalue weighted by Crippen LogP contribution is -2.40. The molecule has 0 unspecified atom stereocenters. The molecule has 9 heteroatoms. The number of nitrogens with zero attached hydrogens (tertiary/aromatic N) is 3. The summed E-state index contributed by atoms with van der Waals surface area (Å²) in [5.41, 5.74) is 4.65. The van der Waals surface area contributed by atoms with Crippen molar-refractivity contribution in [3.05, 3.63) is 65.2 Å². The Morgan fingerprint density at radius 2 is 1.80 bits per heavy atom. The van der Waals surface area contributed by atoms with Gasteiger partial charge >= 0.3 is 0 Å². The van der Waals surface area contributed by atoms with E-state index in [1.807, 2.05) is 6.07 Å². The third-order valence-electron chi connectivity index (χ3n) is 4.61. The Bertz CT molecular complexity index is 1040. The number of rotatable bonds is 7. The van der Waals surface area contributed by atoms with Crippen molar-refractivity contribution < 1.29 is 17.9 Å². The van der Waals surface area contributed by atoms with Crippen LogP contribution in [0.25, 0.3) is 0 Å². The fourth-order valence-electron chi connectivity index (χ4n) is 2.90. The van der Waals surface area contributed by atoms with Gasteiger partial charge in [0.05, 0.1) is 36.0 Å². The van der Waals surface area contributed by atoms with Crippen molar-refractivity contribution in [3.8, 4) is 6.07 Å². The molecule has 8 nitrogen and oxygen atoms in total. The number of ether oxygens (including phenoxy) is 1. The van der Waals surface area contributed by atoms with Gasteiger partial charge in [-0.05, 0) is 41.8 Å². The van der Waals surface area contributed by atoms with Crippen molar-refractivity contribution in [1.82, 2.24) is 9.73 Å². The van der Waals surface area contributed by atoms with Crippen molar-refractivity contribution in [1.29, 1.82) is 5.26 Å². The Morgan fingerprint density at radius 1 is 1.13 bits per heavy atom. The number of carbonyl (C=O) groups is 1. The van der Waals surface area contributed by atoms with E-state index in [0.717, 1.165) is 11.1 Å². The molecule has 1 heterocycles. The van der Waals surface area contributed by atoms with Crippen LogP contribution < -0.4 is 5.43 Å². The van der Waals surface area contributed by atoms with Crippen LogP contribution in [-0.2, 0) is 26.0 Å². The fraction of sp³-hybridized carbons (Fsp3) is 0.286. The van der Waals surface area contributed by atoms with Crippen LogP contribution in [0.15, 0.2) is 58.5 Å². The zero-order valence-electron chi connectivity index (χ0n) is 16.3. The molecular formula is C21H22N4O4S. The Morgan fingerprint density at radius 3 is 2.43 bits per heavy atom. The number of nitriles is 1. The van der Waals surface area contributed by atoms with Crippen LogP contribution in [0.4, 0.5) is 0 Å². The molecule has 0 spiro atoms. The van der Waals surface area contributed by atoms with Crippen molar-refractivity contribution in [3.63, 3.8) is 0 Å². The quantitative estimate of drug-likeness (QED) is 0.535. The second kappa shape index (κ2) is 10.1. The minimum atomic E-state index is -3.52. The average molecular weight is 426 g/mol. The van der Waals surface area contributed by atoms with Crippen molar-refractivity contribution in [2.24, 2.45) is 5.10 Å². The molecule has 0 atom stereocenters. The molecule has 30 heavy (non-hydrogen) atoms. The standard InChI is InChI=1S/C21H22N4O4S/c22-15-18-1-3-19(4-2-18)16-23-24-21(26)10-7-17-5-8-20(9-6-17)30(27,28)25-11-13-29-14-12-25/h1-6,8-9,16H,7,10-14H2,(H,24,26). The lowest BCUT2D eigenvalue weighted by atomic mass is 10.1. The van der Waals surface area contributed by atoms with E-state index in [9.17, 15) is 13.2 Å². The number of hydrazone groups is 1. The van der Waals surface area contributed by atoms with Crippen molar-refractivity contribution in [2.45, 2.75) is 17.7 Å². The van der Waals surface area contributed by atoms with Gasteiger partial charge in [-0.2, -0.15) is 14.7 Å². The zero-order chi connectivity index (χ0) is 21.4. The maximum Gasteiger partial charge on any atom is 0.243 e. The summed E-state index contributed by atoms with van der Waals surface area (Å²) < 4.78 is 31.8. The second-order valence-corrected chi connectivity index (χ2v) is 8.63. The van der Waals surface area contributed by atoms with Gasteiger partial charge in [-0.15, -0.1) is 0 Å². The summed E-state index contributed by atoms with van der Waals surface area (Å²) in [6, 6.07) is 15.4. The van der Waals surface area contributed by atoms with Crippen LogP contribution in [0.3, 0.4) is 0 Å². The van der Waals surface area contributed by atoms with Crippen LogP contribution in [0.5, 0.6) is 0 Å². The van der Waals surface area contributed by atoms with Gasteiger partial charge in [0, 0.05) is 19.5 Å². The number of morpholine rings is 1. The minimum absolute atomic E-state index is 0.222. The highest BCUT2D eigenvalue weighted by atomic mass is 32.2. The molecule has 0 saturated carbocycles. The highest BCUT2D eigenvalue weighted by Gasteiger charge is 2.26. The normalized spacial score (nSPS) is 15.0. The van der Waals surface area contributed by atoms with Gasteiger partial charge in [0.25, 0.3) is 0 Å². The van der Waals surface area contributed by atoms with Gasteiger partial charge < -0.3 is 4.74 Å². The molecule has 1 saturated heterocycles. The van der Waals surface area contributed by atoms with E-state index in [0.29, 0.717) is 38.3 Å². The zero-order valence-corrected chi connectivity index (χ0v) is 17.1. The first kappa shape index (κ1) is 21.6. The average Bonchev–Trinajstić information content (AvgIpc) is 2.79. The van der Waals surface area contributed by atoms with Gasteiger partial charge in [0.2, 0.25) is 15.9 Å². The van der Waals surface area contributed by atoms with E-state index in [2.05, 4.69) is 10.5 Å². The lowest BCUT2D eigenvalue weighted by molar-refractivity contribution is -0.121. The highest BCUT2D eigenvalue weighted by molar-refractivity contribution is 7.89. The minimum Gasteiger partial charge on any atom is -0.379 e. The first-order valence-electron chi connectivity index (χ1n) is 9.48. The predicted molar refractivity (Wildman–Crippen MR) is 111 cm³/mol. The highest BCUT2D eigenvalue weighted by Crippen LogP contribution is 2.18. The number of carbonyl (C=O) groups excluding carboxylic acids is 1. The molecule has 0 aromatic heterocycles. The molecular weight excluding hydrogens is 404 g/mol. The van der Waals surface area contributed by atoms with Gasteiger partial charge in [0.15, 0.2) is 0 Å². The summed E-state index contributed by atoms with van der Waals surface area (Å²) in [5.74, 6) is -0.245. The smallest absolute Gasteiger partial charge is 0.243 e. The maximum atomic E-state index is 12.6. The third-order valence-corrected chi connectivity index (χ3v) is 6.53. The molecule has 1 N–H and O–H groups in total. The van der Waals surface area contributed by atoms with E-state index < -0.39 is 10.0 Å². The summed E-state index contributed by atoms with van der Waals surface area (Å²) in [6.07, 6.45) is 2.20. The third kappa shape index (κ3) is 5.73. The molecule has 2 aromatic carbocycles. The first-order valence-corrected chi connectivity index (χ1v) is 10.9. The summed E-state index contributed by atoms with van der Waals surface area (Å²) in [6.45, 7) is 1.51. The molecule has 1 aliphatic heterocycles. The summed E-state index contributed by atoms with van der Waals surface area (Å²) in [4.78, 5) is 12.2. The number of nitrogens with one attached hydrogen (secondary N) is 1. The Labute approximate surface area is 175 Å². The van der Waals surface area contributed by atoms with Crippen LogP contribution in [-0.4, -0.2) is 51.1 Å². The van der Waals surface area contributed by atoms with E-state index in [1.165, 1.54) is 10.5 Å². The number of hydrogen-bond acceptors (Lipinski definition) is 6. The molecule has 3 rings (SSSR count). The van der Waals surface area contributed by atoms with Gasteiger partial charge in [-0.3, -0.25) is 4.79 Å². The Kier molecular flexibility index (Phi) is 7.30. The largest absolute Gasteiger partial charge is 0.379 e. The van der Waals surface area contributed by atoms with Crippen LogP contribution >= 0.6 is 0 Å². The monoisotopic (exact) mass is 426 g/mol.